The predicted molar refractivity (Wildman–Crippen MR) is 183 cm³/mol. The standard InChI is InChI=1S/C35H30O5S2.F6P/c1-23(36)39-28-12-19-32(20-13-28)42-34-21-14-29(40-24(2)37)22-33(34)25-8-15-30(16-9-25)41-31-17-10-27(11-18-31)35(38)26-6-4-3-5-7-26;1-7(2,3,4,5)6/h3-24,36-37H,1-2H3;/q;-1/p+1. The summed E-state index contributed by atoms with van der Waals surface area (Å²) in [4.78, 5) is 14.8. The van der Waals surface area contributed by atoms with Crippen molar-refractivity contribution in [2.24, 2.45) is 0 Å². The van der Waals surface area contributed by atoms with Gasteiger partial charge in [0.25, 0.3) is 0 Å². The Morgan fingerprint density at radius 3 is 1.55 bits per heavy atom. The molecule has 260 valence electrons. The Balaban J connectivity index is 0.000000698. The van der Waals surface area contributed by atoms with Gasteiger partial charge in [-0.05, 0) is 116 Å². The van der Waals surface area contributed by atoms with Gasteiger partial charge in [-0.1, -0.05) is 53.9 Å². The average molecular weight is 741 g/mol. The average Bonchev–Trinajstić information content (AvgIpc) is 3.01. The van der Waals surface area contributed by atoms with Gasteiger partial charge in [0.2, 0.25) is 0 Å². The van der Waals surface area contributed by atoms with Crippen molar-refractivity contribution in [3.05, 3.63) is 132 Å². The normalized spacial score (nSPS) is 13.9. The first kappa shape index (κ1) is 37.8. The summed E-state index contributed by atoms with van der Waals surface area (Å²) < 4.78 is 70.1. The maximum atomic E-state index is 10.6. The Hall–Kier alpha value is -4.00. The van der Waals surface area contributed by atoms with Crippen LogP contribution in [0.2, 0.25) is 0 Å². The number of benzene rings is 5. The summed E-state index contributed by atoms with van der Waals surface area (Å²) in [6.07, 6.45) is -1.79. The number of rotatable bonds is 11. The molecule has 0 radical (unpaired) electrons. The van der Waals surface area contributed by atoms with Gasteiger partial charge in [-0.25, -0.2) is 0 Å². The molecule has 0 aliphatic carbocycles. The molecule has 0 aliphatic rings. The van der Waals surface area contributed by atoms with Crippen LogP contribution in [0.3, 0.4) is 0 Å². The van der Waals surface area contributed by atoms with E-state index in [1.807, 2.05) is 97.1 Å². The van der Waals surface area contributed by atoms with Gasteiger partial charge in [-0.2, -0.15) is 0 Å². The molecule has 0 aliphatic heterocycles. The second-order valence-corrected chi connectivity index (χ2v) is 14.7. The molecule has 2 atom stereocenters. The number of hydrogen-bond donors (Lipinski definition) is 2. The van der Waals surface area contributed by atoms with E-state index in [-0.39, 0.29) is 5.78 Å². The monoisotopic (exact) mass is 740 g/mol. The predicted octanol–water partition coefficient (Wildman–Crippen LogP) is 11.4. The second-order valence-electron chi connectivity index (χ2n) is 10.5. The summed E-state index contributed by atoms with van der Waals surface area (Å²) in [6.45, 7) is 3.15. The zero-order valence-corrected chi connectivity index (χ0v) is 28.4. The third-order valence-electron chi connectivity index (χ3n) is 6.19. The fourth-order valence-electron chi connectivity index (χ4n) is 4.29. The molecular formula is C35H31F6O5PS2. The van der Waals surface area contributed by atoms with E-state index in [4.69, 9.17) is 9.47 Å². The van der Waals surface area contributed by atoms with Gasteiger partial charge in [0, 0.05) is 19.6 Å². The molecule has 5 rings (SSSR count). The van der Waals surface area contributed by atoms with Gasteiger partial charge in [-0.3, -0.25) is 4.79 Å². The molecule has 0 bridgehead atoms. The summed E-state index contributed by atoms with van der Waals surface area (Å²) in [7, 11) is -10.7. The Labute approximate surface area is 287 Å². The second kappa shape index (κ2) is 14.9. The zero-order chi connectivity index (χ0) is 35.9. The molecule has 0 spiro atoms. The fourth-order valence-corrected chi connectivity index (χ4v) is 6.05. The first-order chi connectivity index (χ1) is 22.8. The van der Waals surface area contributed by atoms with E-state index < -0.39 is 20.4 Å². The molecule has 0 saturated carbocycles. The molecule has 5 aromatic rings. The van der Waals surface area contributed by atoms with E-state index in [2.05, 4.69) is 24.3 Å². The summed E-state index contributed by atoms with van der Waals surface area (Å²) in [5.41, 5.74) is 3.56. The van der Waals surface area contributed by atoms with E-state index >= 15 is 0 Å². The van der Waals surface area contributed by atoms with Crippen LogP contribution >= 0.6 is 31.3 Å². The van der Waals surface area contributed by atoms with E-state index in [1.165, 1.54) is 0 Å². The van der Waals surface area contributed by atoms with Crippen LogP contribution in [0.15, 0.2) is 141 Å². The van der Waals surface area contributed by atoms with Crippen molar-refractivity contribution in [2.75, 3.05) is 0 Å². The van der Waals surface area contributed by atoms with Crippen molar-refractivity contribution < 1.29 is 49.7 Å². The molecular weight excluding hydrogens is 709 g/mol. The molecule has 2 unspecified atom stereocenters. The van der Waals surface area contributed by atoms with Crippen molar-refractivity contribution in [3.8, 4) is 22.6 Å². The third kappa shape index (κ3) is 13.8. The van der Waals surface area contributed by atoms with Crippen molar-refractivity contribution in [2.45, 2.75) is 46.0 Å². The van der Waals surface area contributed by atoms with Crippen LogP contribution in [0.5, 0.6) is 11.5 Å². The van der Waals surface area contributed by atoms with Crippen LogP contribution in [0.1, 0.15) is 25.0 Å². The van der Waals surface area contributed by atoms with Crippen LogP contribution in [0.4, 0.5) is 25.2 Å². The van der Waals surface area contributed by atoms with E-state index in [1.54, 1.807) is 37.4 Å². The van der Waals surface area contributed by atoms with E-state index in [0.29, 0.717) is 11.5 Å². The van der Waals surface area contributed by atoms with Crippen LogP contribution in [-0.4, -0.2) is 33.4 Å². The summed E-state index contributed by atoms with van der Waals surface area (Å²) in [6, 6.07) is 39.1. The topological polar surface area (TPSA) is 80.3 Å². The van der Waals surface area contributed by atoms with Gasteiger partial charge in [0.1, 0.15) is 11.5 Å². The van der Waals surface area contributed by atoms with Crippen molar-refractivity contribution in [1.82, 2.24) is 0 Å². The first-order valence-corrected chi connectivity index (χ1v) is 18.1. The van der Waals surface area contributed by atoms with Gasteiger partial charge < -0.3 is 19.7 Å². The Kier molecular flexibility index (Phi) is 11.5. The molecule has 0 heterocycles. The minimum atomic E-state index is -10.7. The zero-order valence-electron chi connectivity index (χ0n) is 25.9. The first-order valence-electron chi connectivity index (χ1n) is 14.5. The fraction of sp³-hybridized carbons (Fsp3) is 0.114. The van der Waals surface area contributed by atoms with Gasteiger partial charge in [-0.15, -0.1) is 0 Å². The van der Waals surface area contributed by atoms with E-state index in [9.17, 15) is 40.2 Å². The molecule has 5 aromatic carbocycles. The minimum absolute atomic E-state index is 0.260. The molecule has 0 fully saturated rings. The van der Waals surface area contributed by atoms with Crippen LogP contribution < -0.4 is 9.47 Å². The van der Waals surface area contributed by atoms with Gasteiger partial charge in [0.15, 0.2) is 12.6 Å². The number of ketones is 1. The third-order valence-corrected chi connectivity index (χ3v) is 8.29. The molecule has 3 N–H and O–H groups in total. The number of hydrogen-bond acceptors (Lipinski definition) is 6. The maximum absolute atomic E-state index is 10.7. The Bertz CT molecular complexity index is 1850. The molecule has 5 nitrogen and oxygen atoms in total. The number of aliphatic hydroxyl groups excluding tert-OH is 2. The van der Waals surface area contributed by atoms with Crippen molar-refractivity contribution >= 4 is 37.1 Å². The summed E-state index contributed by atoms with van der Waals surface area (Å²) >= 11 is 3.26. The molecule has 0 amide bonds. The van der Waals surface area contributed by atoms with Crippen molar-refractivity contribution in [3.63, 3.8) is 0 Å². The molecule has 14 heteroatoms. The van der Waals surface area contributed by atoms with Crippen LogP contribution in [-0.2, 0) is 0 Å². The Morgan fingerprint density at radius 1 is 0.592 bits per heavy atom. The summed E-state index contributed by atoms with van der Waals surface area (Å²) in [5, 5.41) is 19.2. The van der Waals surface area contributed by atoms with E-state index in [0.717, 1.165) is 41.8 Å². The number of carbonyl (C=O) groups excluding carboxylic acids is 1. The number of ether oxygens (including phenoxy) is 2. The quantitative estimate of drug-likeness (QED) is 0.0461. The van der Waals surface area contributed by atoms with Crippen molar-refractivity contribution in [1.29, 1.82) is 0 Å². The SMILES string of the molecule is CC(O)Oc1ccc(Sc2ccc(OC(C)O)cc2-c2ccc(Sc3ccc(C(=[OH+])c4ccccc4)cc3)cc2)cc1.F[P-](F)(F)(F)(F)F. The van der Waals surface area contributed by atoms with Gasteiger partial charge in [0.05, 0.1) is 11.1 Å². The summed E-state index contributed by atoms with van der Waals surface area (Å²) in [5.74, 6) is 1.44. The van der Waals surface area contributed by atoms with Crippen LogP contribution in [0, 0.1) is 0 Å². The van der Waals surface area contributed by atoms with Crippen LogP contribution in [0.25, 0.3) is 11.1 Å². The Morgan fingerprint density at radius 2 is 1.02 bits per heavy atom. The number of halogens is 6. The molecule has 49 heavy (non-hydrogen) atoms. The van der Waals surface area contributed by atoms with Gasteiger partial charge >= 0.3 is 38.8 Å². The molecule has 0 saturated heterocycles. The number of aliphatic hydroxyl groups is 2. The molecule has 0 aromatic heterocycles.